The second kappa shape index (κ2) is 9.64. The van der Waals surface area contributed by atoms with Crippen molar-refractivity contribution in [2.45, 2.75) is 46.6 Å². The van der Waals surface area contributed by atoms with Crippen molar-refractivity contribution in [3.05, 3.63) is 63.0 Å². The molecule has 32 heavy (non-hydrogen) atoms. The molecule has 0 saturated carbocycles. The molecule has 1 aromatic carbocycles. The number of nitrogens with zero attached hydrogens (tertiary/aromatic N) is 4. The third-order valence-electron chi connectivity index (χ3n) is 4.96. The van der Waals surface area contributed by atoms with Crippen LogP contribution >= 0.6 is 15.9 Å². The SMILES string of the molecule is Cc1nn(Cc2noc(C(=O)NCCNC(=O)c3ccc(C(C)(C)C)cc3)n2)c(C)c1Br. The summed E-state index contributed by atoms with van der Waals surface area (Å²) in [4.78, 5) is 28.6. The van der Waals surface area contributed by atoms with Crippen LogP contribution in [0.25, 0.3) is 0 Å². The van der Waals surface area contributed by atoms with Crippen LogP contribution < -0.4 is 10.6 Å². The highest BCUT2D eigenvalue weighted by molar-refractivity contribution is 9.10. The maximum atomic E-state index is 12.3. The topological polar surface area (TPSA) is 115 Å². The summed E-state index contributed by atoms with van der Waals surface area (Å²) in [7, 11) is 0. The Morgan fingerprint density at radius 2 is 1.69 bits per heavy atom. The van der Waals surface area contributed by atoms with Gasteiger partial charge in [-0.25, -0.2) is 0 Å². The standard InChI is InChI=1S/C22H27BrN6O3/c1-13-18(23)14(2)29(27-13)12-17-26-21(32-28-17)20(31)25-11-10-24-19(30)15-6-8-16(9-7-15)22(3,4)5/h6-9H,10-12H2,1-5H3,(H,24,30)(H,25,31). The Labute approximate surface area is 195 Å². The molecule has 3 aromatic rings. The van der Waals surface area contributed by atoms with Gasteiger partial charge in [-0.1, -0.05) is 38.1 Å². The summed E-state index contributed by atoms with van der Waals surface area (Å²) in [5.74, 6) is -0.483. The Kier molecular flexibility index (Phi) is 7.12. The molecular weight excluding hydrogens is 476 g/mol. The van der Waals surface area contributed by atoms with Gasteiger partial charge in [0.25, 0.3) is 5.91 Å². The molecule has 0 fully saturated rings. The minimum atomic E-state index is -0.498. The molecule has 0 unspecified atom stereocenters. The molecule has 3 rings (SSSR count). The lowest BCUT2D eigenvalue weighted by Crippen LogP contribution is -2.34. The van der Waals surface area contributed by atoms with E-state index in [0.717, 1.165) is 21.4 Å². The lowest BCUT2D eigenvalue weighted by atomic mass is 9.87. The van der Waals surface area contributed by atoms with Gasteiger partial charge in [-0.05, 0) is 52.9 Å². The summed E-state index contributed by atoms with van der Waals surface area (Å²) in [6.07, 6.45) is 0. The van der Waals surface area contributed by atoms with Crippen LogP contribution in [-0.4, -0.2) is 44.8 Å². The first-order valence-electron chi connectivity index (χ1n) is 10.3. The summed E-state index contributed by atoms with van der Waals surface area (Å²) in [6, 6.07) is 7.51. The summed E-state index contributed by atoms with van der Waals surface area (Å²) in [5.41, 5.74) is 3.55. The van der Waals surface area contributed by atoms with E-state index in [1.807, 2.05) is 26.0 Å². The molecule has 2 aromatic heterocycles. The van der Waals surface area contributed by atoms with Crippen LogP contribution in [0.1, 0.15) is 64.6 Å². The number of carbonyl (C=O) groups is 2. The average Bonchev–Trinajstić information content (AvgIpc) is 3.31. The number of carbonyl (C=O) groups excluding carboxylic acids is 2. The van der Waals surface area contributed by atoms with Gasteiger partial charge in [-0.2, -0.15) is 10.1 Å². The van der Waals surface area contributed by atoms with Crippen LogP contribution in [0.5, 0.6) is 0 Å². The summed E-state index contributed by atoms with van der Waals surface area (Å²) >= 11 is 3.47. The van der Waals surface area contributed by atoms with Crippen LogP contribution in [0.3, 0.4) is 0 Å². The van der Waals surface area contributed by atoms with E-state index in [9.17, 15) is 9.59 Å². The first kappa shape index (κ1) is 23.6. The zero-order chi connectivity index (χ0) is 23.5. The summed E-state index contributed by atoms with van der Waals surface area (Å²) in [5, 5.41) is 13.7. The van der Waals surface area contributed by atoms with Crippen LogP contribution in [0.4, 0.5) is 0 Å². The molecule has 2 heterocycles. The number of hydrogen-bond acceptors (Lipinski definition) is 6. The lowest BCUT2D eigenvalue weighted by Gasteiger charge is -2.19. The maximum absolute atomic E-state index is 12.3. The predicted molar refractivity (Wildman–Crippen MR) is 123 cm³/mol. The number of halogens is 1. The molecule has 170 valence electrons. The zero-order valence-corrected chi connectivity index (χ0v) is 20.4. The van der Waals surface area contributed by atoms with Gasteiger partial charge in [-0.15, -0.1) is 0 Å². The molecular formula is C22H27BrN6O3. The first-order chi connectivity index (χ1) is 15.1. The quantitative estimate of drug-likeness (QED) is 0.479. The second-order valence-electron chi connectivity index (χ2n) is 8.50. The monoisotopic (exact) mass is 502 g/mol. The van der Waals surface area contributed by atoms with E-state index < -0.39 is 5.91 Å². The smallest absolute Gasteiger partial charge is 0.316 e. The minimum absolute atomic E-state index is 0.0287. The van der Waals surface area contributed by atoms with E-state index in [4.69, 9.17) is 4.52 Å². The number of amides is 2. The second-order valence-corrected chi connectivity index (χ2v) is 9.29. The number of benzene rings is 1. The highest BCUT2D eigenvalue weighted by Crippen LogP contribution is 2.22. The van der Waals surface area contributed by atoms with E-state index in [-0.39, 0.29) is 30.3 Å². The van der Waals surface area contributed by atoms with Crippen molar-refractivity contribution < 1.29 is 14.1 Å². The fraction of sp³-hybridized carbons (Fsp3) is 0.409. The van der Waals surface area contributed by atoms with Gasteiger partial charge in [0.15, 0.2) is 5.82 Å². The van der Waals surface area contributed by atoms with Gasteiger partial charge in [0.05, 0.1) is 15.9 Å². The van der Waals surface area contributed by atoms with Crippen molar-refractivity contribution in [3.8, 4) is 0 Å². The molecule has 9 nitrogen and oxygen atoms in total. The van der Waals surface area contributed by atoms with E-state index in [2.05, 4.69) is 62.6 Å². The molecule has 0 radical (unpaired) electrons. The van der Waals surface area contributed by atoms with E-state index in [1.54, 1.807) is 16.8 Å². The third-order valence-corrected chi connectivity index (χ3v) is 6.10. The molecule has 0 atom stereocenters. The number of aromatic nitrogens is 4. The van der Waals surface area contributed by atoms with E-state index in [1.165, 1.54) is 0 Å². The molecule has 0 aliphatic rings. The fourth-order valence-electron chi connectivity index (χ4n) is 3.02. The van der Waals surface area contributed by atoms with Crippen molar-refractivity contribution >= 4 is 27.7 Å². The zero-order valence-electron chi connectivity index (χ0n) is 18.8. The van der Waals surface area contributed by atoms with Crippen molar-refractivity contribution in [1.29, 1.82) is 0 Å². The van der Waals surface area contributed by atoms with Crippen LogP contribution in [0, 0.1) is 13.8 Å². The molecule has 0 aliphatic heterocycles. The van der Waals surface area contributed by atoms with Crippen molar-refractivity contribution in [1.82, 2.24) is 30.6 Å². The predicted octanol–water partition coefficient (Wildman–Crippen LogP) is 3.15. The van der Waals surface area contributed by atoms with Crippen LogP contribution in [0.15, 0.2) is 33.3 Å². The largest absolute Gasteiger partial charge is 0.350 e. The average molecular weight is 503 g/mol. The van der Waals surface area contributed by atoms with Crippen molar-refractivity contribution in [3.63, 3.8) is 0 Å². The van der Waals surface area contributed by atoms with Crippen LogP contribution in [0.2, 0.25) is 0 Å². The molecule has 0 bridgehead atoms. The lowest BCUT2D eigenvalue weighted by molar-refractivity contribution is 0.0898. The van der Waals surface area contributed by atoms with E-state index >= 15 is 0 Å². The van der Waals surface area contributed by atoms with Crippen molar-refractivity contribution in [2.24, 2.45) is 0 Å². The molecule has 2 N–H and O–H groups in total. The van der Waals surface area contributed by atoms with Gasteiger partial charge in [-0.3, -0.25) is 14.3 Å². The van der Waals surface area contributed by atoms with Crippen LogP contribution in [-0.2, 0) is 12.0 Å². The highest BCUT2D eigenvalue weighted by atomic mass is 79.9. The Morgan fingerprint density at radius 1 is 1.06 bits per heavy atom. The highest BCUT2D eigenvalue weighted by Gasteiger charge is 2.17. The Balaban J connectivity index is 1.46. The minimum Gasteiger partial charge on any atom is -0.350 e. The molecule has 2 amide bonds. The maximum Gasteiger partial charge on any atom is 0.316 e. The molecule has 0 spiro atoms. The molecule has 10 heteroatoms. The summed E-state index contributed by atoms with van der Waals surface area (Å²) < 4.78 is 7.70. The number of nitrogens with one attached hydrogen (secondary N) is 2. The van der Waals surface area contributed by atoms with Gasteiger partial charge in [0, 0.05) is 18.7 Å². The van der Waals surface area contributed by atoms with Gasteiger partial charge >= 0.3 is 11.8 Å². The van der Waals surface area contributed by atoms with E-state index in [0.29, 0.717) is 17.9 Å². The molecule has 0 aliphatic carbocycles. The Bertz CT molecular complexity index is 1110. The van der Waals surface area contributed by atoms with Gasteiger partial charge in [0.1, 0.15) is 6.54 Å². The number of hydrogen-bond donors (Lipinski definition) is 2. The fourth-order valence-corrected chi connectivity index (χ4v) is 3.31. The van der Waals surface area contributed by atoms with Gasteiger partial charge < -0.3 is 15.2 Å². The third kappa shape index (κ3) is 5.61. The summed E-state index contributed by atoms with van der Waals surface area (Å²) in [6.45, 7) is 11.0. The Morgan fingerprint density at radius 3 is 2.25 bits per heavy atom. The number of rotatable bonds is 7. The van der Waals surface area contributed by atoms with Crippen molar-refractivity contribution in [2.75, 3.05) is 13.1 Å². The number of aryl methyl sites for hydroxylation is 1. The molecule has 0 saturated heterocycles. The van der Waals surface area contributed by atoms with Gasteiger partial charge in [0.2, 0.25) is 0 Å². The normalized spacial score (nSPS) is 11.4. The first-order valence-corrected chi connectivity index (χ1v) is 11.0. The Hall–Kier alpha value is -3.01.